The summed E-state index contributed by atoms with van der Waals surface area (Å²) >= 11 is 0. The van der Waals surface area contributed by atoms with Crippen LogP contribution in [0.2, 0.25) is 0 Å². The van der Waals surface area contributed by atoms with E-state index in [1.807, 2.05) is 6.08 Å². The summed E-state index contributed by atoms with van der Waals surface area (Å²) in [6.07, 6.45) is 2.00. The zero-order valence-corrected chi connectivity index (χ0v) is 5.37. The van der Waals surface area contributed by atoms with Crippen LogP contribution in [0, 0.1) is 6.08 Å². The summed E-state index contributed by atoms with van der Waals surface area (Å²) in [5.41, 5.74) is 0. The first-order valence-corrected chi connectivity index (χ1v) is 1.42. The molecule has 3 heteroatoms. The smallest absolute Gasteiger partial charge is 0.146 e. The Labute approximate surface area is 54.4 Å². The Kier molecular flexibility index (Phi) is 8.22. The standard InChI is InChI=1S/C4H5O2.V/c1-3-4(5)6-2;/h1H2,2H3;/q-1;. The van der Waals surface area contributed by atoms with Crippen LogP contribution in [-0.4, -0.2) is 13.1 Å². The summed E-state index contributed by atoms with van der Waals surface area (Å²) in [6.45, 7) is 3.03. The zero-order chi connectivity index (χ0) is 4.99. The molecule has 0 bridgehead atoms. The van der Waals surface area contributed by atoms with E-state index in [1.54, 1.807) is 0 Å². The third-order valence-electron chi connectivity index (χ3n) is 0.330. The summed E-state index contributed by atoms with van der Waals surface area (Å²) in [6, 6.07) is 0. The van der Waals surface area contributed by atoms with Crippen molar-refractivity contribution in [3.05, 3.63) is 12.7 Å². The second-order valence-corrected chi connectivity index (χ2v) is 0.668. The zero-order valence-electron chi connectivity index (χ0n) is 3.97. The van der Waals surface area contributed by atoms with Gasteiger partial charge in [-0.2, -0.15) is 0 Å². The van der Waals surface area contributed by atoms with Crippen LogP contribution in [0.4, 0.5) is 0 Å². The Balaban J connectivity index is 0. The number of carbonyl (C=O) groups excluding carboxylic acids is 1. The van der Waals surface area contributed by atoms with Crippen LogP contribution in [0.3, 0.4) is 0 Å². The molecule has 0 heterocycles. The van der Waals surface area contributed by atoms with E-state index in [2.05, 4.69) is 11.3 Å². The molecule has 7 heavy (non-hydrogen) atoms. The average molecular weight is 136 g/mol. The molecule has 0 saturated carbocycles. The summed E-state index contributed by atoms with van der Waals surface area (Å²) in [4.78, 5) is 9.78. The van der Waals surface area contributed by atoms with Gasteiger partial charge >= 0.3 is 0 Å². The molecular weight excluding hydrogens is 131 g/mol. The van der Waals surface area contributed by atoms with E-state index in [-0.39, 0.29) is 18.6 Å². The summed E-state index contributed by atoms with van der Waals surface area (Å²) in [5, 5.41) is 0. The van der Waals surface area contributed by atoms with Gasteiger partial charge < -0.3 is 10.8 Å². The molecule has 0 atom stereocenters. The van der Waals surface area contributed by atoms with E-state index < -0.39 is 5.97 Å². The predicted molar refractivity (Wildman–Crippen MR) is 20.9 cm³/mol. The molecule has 0 aromatic carbocycles. The molecule has 2 nitrogen and oxygen atoms in total. The van der Waals surface area contributed by atoms with E-state index in [0.717, 1.165) is 0 Å². The molecule has 0 unspecified atom stereocenters. The molecule has 0 aromatic heterocycles. The first-order valence-electron chi connectivity index (χ1n) is 1.42. The van der Waals surface area contributed by atoms with Crippen LogP contribution in [0.1, 0.15) is 0 Å². The van der Waals surface area contributed by atoms with E-state index in [9.17, 15) is 4.79 Å². The number of methoxy groups -OCH3 is 1. The molecule has 0 N–H and O–H groups in total. The summed E-state index contributed by atoms with van der Waals surface area (Å²) in [7, 11) is 1.28. The van der Waals surface area contributed by atoms with Gasteiger partial charge in [0.05, 0.1) is 7.11 Å². The minimum Gasteiger partial charge on any atom is -0.493 e. The largest absolute Gasteiger partial charge is 0.493 e. The molecule has 0 aliphatic heterocycles. The van der Waals surface area contributed by atoms with E-state index in [0.29, 0.717) is 0 Å². The first-order chi connectivity index (χ1) is 2.81. The van der Waals surface area contributed by atoms with Gasteiger partial charge in [-0.3, -0.25) is 11.4 Å². The fraction of sp³-hybridized carbons (Fsp3) is 0.250. The number of hydrogen-bond acceptors (Lipinski definition) is 2. The molecule has 0 aliphatic rings. The molecule has 1 radical (unpaired) electrons. The van der Waals surface area contributed by atoms with Crippen molar-refractivity contribution in [2.24, 2.45) is 0 Å². The third-order valence-corrected chi connectivity index (χ3v) is 0.330. The van der Waals surface area contributed by atoms with Gasteiger partial charge in [-0.15, -0.1) is 0 Å². The normalized spacial score (nSPS) is 5.86. The first kappa shape index (κ1) is 9.92. The monoisotopic (exact) mass is 136 g/mol. The van der Waals surface area contributed by atoms with E-state index in [1.165, 1.54) is 7.11 Å². The molecule has 0 spiro atoms. The number of ether oxygens (including phenoxy) is 1. The number of hydrogen-bond donors (Lipinski definition) is 0. The molecule has 0 rings (SSSR count). The molecular formula is C4H5O2V-. The van der Waals surface area contributed by atoms with Crippen LogP contribution in [0.25, 0.3) is 0 Å². The van der Waals surface area contributed by atoms with Crippen molar-refractivity contribution >= 4 is 5.97 Å². The van der Waals surface area contributed by atoms with Crippen molar-refractivity contribution in [2.45, 2.75) is 0 Å². The van der Waals surface area contributed by atoms with Gasteiger partial charge in [0.25, 0.3) is 0 Å². The Morgan fingerprint density at radius 2 is 2.29 bits per heavy atom. The third kappa shape index (κ3) is 5.79. The summed E-state index contributed by atoms with van der Waals surface area (Å²) < 4.78 is 4.09. The van der Waals surface area contributed by atoms with Crippen molar-refractivity contribution < 1.29 is 28.1 Å². The Hall–Kier alpha value is -0.206. The Morgan fingerprint density at radius 1 is 1.86 bits per heavy atom. The van der Waals surface area contributed by atoms with E-state index in [4.69, 9.17) is 0 Å². The maximum absolute atomic E-state index is 9.78. The quantitative estimate of drug-likeness (QED) is 0.291. The second kappa shape index (κ2) is 5.79. The van der Waals surface area contributed by atoms with Crippen molar-refractivity contribution in [1.82, 2.24) is 0 Å². The maximum atomic E-state index is 9.78. The number of carbonyl (C=O) groups is 1. The SMILES string of the molecule is C=[C-]C(=O)OC.[V]. The van der Waals surface area contributed by atoms with Gasteiger partial charge in [0.1, 0.15) is 5.97 Å². The summed E-state index contributed by atoms with van der Waals surface area (Å²) in [5.74, 6) is -0.519. The molecule has 0 aromatic rings. The van der Waals surface area contributed by atoms with Gasteiger partial charge in [0, 0.05) is 18.6 Å². The van der Waals surface area contributed by atoms with Gasteiger partial charge in [0.2, 0.25) is 0 Å². The minimum absolute atomic E-state index is 0. The van der Waals surface area contributed by atoms with Crippen LogP contribution in [-0.2, 0) is 28.1 Å². The van der Waals surface area contributed by atoms with E-state index >= 15 is 0 Å². The van der Waals surface area contributed by atoms with Gasteiger partial charge in [0.15, 0.2) is 0 Å². The van der Waals surface area contributed by atoms with Crippen molar-refractivity contribution in [1.29, 1.82) is 0 Å². The molecule has 0 amide bonds. The van der Waals surface area contributed by atoms with Crippen molar-refractivity contribution in [3.8, 4) is 0 Å². The maximum Gasteiger partial charge on any atom is 0.146 e. The topological polar surface area (TPSA) is 26.3 Å². The molecule has 0 fully saturated rings. The Morgan fingerprint density at radius 3 is 2.29 bits per heavy atom. The predicted octanol–water partition coefficient (Wildman–Crippen LogP) is 0.146. The fourth-order valence-corrected chi connectivity index (χ4v) is 0.0722. The van der Waals surface area contributed by atoms with Crippen molar-refractivity contribution in [3.63, 3.8) is 0 Å². The van der Waals surface area contributed by atoms with Crippen LogP contribution < -0.4 is 0 Å². The molecule has 0 saturated heterocycles. The molecule has 0 aliphatic carbocycles. The van der Waals surface area contributed by atoms with Crippen LogP contribution >= 0.6 is 0 Å². The fourth-order valence-electron chi connectivity index (χ4n) is 0.0722. The molecule has 39 valence electrons. The second-order valence-electron chi connectivity index (χ2n) is 0.668. The van der Waals surface area contributed by atoms with Crippen molar-refractivity contribution in [2.75, 3.05) is 7.11 Å². The van der Waals surface area contributed by atoms with Crippen LogP contribution in [0.15, 0.2) is 6.58 Å². The minimum atomic E-state index is -0.519. The average Bonchev–Trinajstić information content (AvgIpc) is 1.65. The van der Waals surface area contributed by atoms with Gasteiger partial charge in [-0.1, -0.05) is 0 Å². The number of rotatable bonds is 1. The Bertz CT molecular complexity index is 70.1. The number of esters is 1. The van der Waals surface area contributed by atoms with Crippen LogP contribution in [0.5, 0.6) is 0 Å². The van der Waals surface area contributed by atoms with Gasteiger partial charge in [-0.05, 0) is 0 Å². The van der Waals surface area contributed by atoms with Gasteiger partial charge in [-0.25, -0.2) is 0 Å².